The highest BCUT2D eigenvalue weighted by Crippen LogP contribution is 2.35. The molecule has 5 aromatic carbocycles. The summed E-state index contributed by atoms with van der Waals surface area (Å²) < 4.78 is 25.3. The Kier molecular flexibility index (Phi) is 9.00. The van der Waals surface area contributed by atoms with E-state index < -0.39 is 12.0 Å². The SMILES string of the molecule is CCOc1ccc([C@@H]2C(C(=O)OC)=CN=c3s/c(=C/c4c(OCc5cccc6ccccc56)ccc5ccccc45)c(=O)n32)cc1OCC. The Labute approximate surface area is 286 Å². The van der Waals surface area contributed by atoms with Gasteiger partial charge in [0, 0.05) is 11.8 Å². The first-order valence-electron chi connectivity index (χ1n) is 16.1. The highest BCUT2D eigenvalue weighted by molar-refractivity contribution is 7.07. The van der Waals surface area contributed by atoms with Gasteiger partial charge in [-0.25, -0.2) is 9.79 Å². The molecule has 0 fully saturated rings. The first-order valence-corrected chi connectivity index (χ1v) is 16.9. The third-order valence-corrected chi connectivity index (χ3v) is 9.47. The van der Waals surface area contributed by atoms with Gasteiger partial charge < -0.3 is 18.9 Å². The predicted octanol–water partition coefficient (Wildman–Crippen LogP) is 6.70. The Bertz CT molecular complexity index is 2420. The molecule has 8 nitrogen and oxygen atoms in total. The third kappa shape index (κ3) is 6.09. The summed E-state index contributed by atoms with van der Waals surface area (Å²) in [5, 5.41) is 4.24. The first kappa shape index (κ1) is 31.9. The zero-order chi connectivity index (χ0) is 33.9. The Morgan fingerprint density at radius 3 is 2.29 bits per heavy atom. The molecule has 0 amide bonds. The van der Waals surface area contributed by atoms with E-state index in [9.17, 15) is 9.59 Å². The number of benzene rings is 5. The molecular weight excluding hydrogens is 637 g/mol. The van der Waals surface area contributed by atoms with Gasteiger partial charge in [0.15, 0.2) is 16.3 Å². The van der Waals surface area contributed by atoms with Crippen LogP contribution in [0.25, 0.3) is 27.6 Å². The van der Waals surface area contributed by atoms with E-state index in [1.165, 1.54) is 24.6 Å². The molecule has 1 aliphatic heterocycles. The highest BCUT2D eigenvalue weighted by atomic mass is 32.1. The lowest BCUT2D eigenvalue weighted by Crippen LogP contribution is -2.39. The maximum Gasteiger partial charge on any atom is 0.337 e. The van der Waals surface area contributed by atoms with Crippen molar-refractivity contribution in [3.63, 3.8) is 0 Å². The molecule has 7 rings (SSSR count). The van der Waals surface area contributed by atoms with Gasteiger partial charge in [-0.2, -0.15) is 0 Å². The van der Waals surface area contributed by atoms with Crippen molar-refractivity contribution in [1.82, 2.24) is 4.57 Å². The smallest absolute Gasteiger partial charge is 0.337 e. The summed E-state index contributed by atoms with van der Waals surface area (Å²) in [5.74, 6) is 1.18. The van der Waals surface area contributed by atoms with E-state index in [0.717, 1.165) is 32.7 Å². The van der Waals surface area contributed by atoms with Gasteiger partial charge in [-0.15, -0.1) is 0 Å². The van der Waals surface area contributed by atoms with Crippen LogP contribution in [0.15, 0.2) is 119 Å². The van der Waals surface area contributed by atoms with Crippen molar-refractivity contribution in [1.29, 1.82) is 0 Å². The van der Waals surface area contributed by atoms with Gasteiger partial charge in [0.25, 0.3) is 5.56 Å². The average molecular weight is 671 g/mol. The van der Waals surface area contributed by atoms with Crippen LogP contribution in [-0.4, -0.2) is 30.9 Å². The lowest BCUT2D eigenvalue weighted by atomic mass is 9.97. The van der Waals surface area contributed by atoms with Crippen LogP contribution in [0.1, 0.15) is 36.6 Å². The second kappa shape index (κ2) is 13.8. The van der Waals surface area contributed by atoms with Gasteiger partial charge in [-0.1, -0.05) is 90.2 Å². The molecule has 1 aliphatic rings. The number of carbonyl (C=O) groups is 1. The van der Waals surface area contributed by atoms with Crippen molar-refractivity contribution >= 4 is 44.9 Å². The predicted molar refractivity (Wildman–Crippen MR) is 192 cm³/mol. The second-order valence-corrected chi connectivity index (χ2v) is 12.4. The molecule has 1 aromatic heterocycles. The van der Waals surface area contributed by atoms with Crippen LogP contribution in [0, 0.1) is 0 Å². The Morgan fingerprint density at radius 1 is 0.816 bits per heavy atom. The standard InChI is InChI=1S/C40H34N2O6S/c1-4-46-34-20-18-27(21-35(34)47-5-2)37-32(39(44)45-3)23-41-40-42(37)38(43)36(49-40)22-31-30-16-9-7-12-26(30)17-19-33(31)48-24-28-14-10-13-25-11-6-8-15-29(25)28/h6-23,37H,4-5,24H2,1-3H3/b36-22+/t37-/m1/s1. The average Bonchev–Trinajstić information content (AvgIpc) is 3.45. The topological polar surface area (TPSA) is 88.4 Å². The van der Waals surface area contributed by atoms with Crippen molar-refractivity contribution < 1.29 is 23.7 Å². The summed E-state index contributed by atoms with van der Waals surface area (Å²) in [6.45, 7) is 5.02. The fourth-order valence-electron chi connectivity index (χ4n) is 6.24. The van der Waals surface area contributed by atoms with Gasteiger partial charge in [-0.3, -0.25) is 9.36 Å². The van der Waals surface area contributed by atoms with E-state index in [-0.39, 0.29) is 11.1 Å². The normalized spacial score (nSPS) is 14.2. The highest BCUT2D eigenvalue weighted by Gasteiger charge is 2.31. The number of hydrogen-bond acceptors (Lipinski definition) is 8. The molecule has 0 saturated carbocycles. The van der Waals surface area contributed by atoms with Crippen molar-refractivity contribution in [3.8, 4) is 17.2 Å². The number of nitrogens with zero attached hydrogens (tertiary/aromatic N) is 2. The molecule has 0 aliphatic carbocycles. The quantitative estimate of drug-likeness (QED) is 0.151. The summed E-state index contributed by atoms with van der Waals surface area (Å²) in [7, 11) is 1.31. The van der Waals surface area contributed by atoms with Crippen LogP contribution in [0.5, 0.6) is 17.2 Å². The monoisotopic (exact) mass is 670 g/mol. The first-order chi connectivity index (χ1) is 24.0. The second-order valence-electron chi connectivity index (χ2n) is 11.4. The number of fused-ring (bicyclic) bond motifs is 3. The van der Waals surface area contributed by atoms with Crippen LogP contribution in [0.4, 0.5) is 0 Å². The summed E-state index contributed by atoms with van der Waals surface area (Å²) >= 11 is 1.26. The van der Waals surface area contributed by atoms with E-state index in [4.69, 9.17) is 18.9 Å². The van der Waals surface area contributed by atoms with E-state index in [1.807, 2.05) is 86.7 Å². The summed E-state index contributed by atoms with van der Waals surface area (Å²) in [5.41, 5.74) is 2.46. The summed E-state index contributed by atoms with van der Waals surface area (Å²) in [6, 6.07) is 31.0. The number of aromatic nitrogens is 1. The minimum Gasteiger partial charge on any atom is -0.490 e. The van der Waals surface area contributed by atoms with Gasteiger partial charge in [-0.05, 0) is 70.8 Å². The van der Waals surface area contributed by atoms with Crippen molar-refractivity contribution in [2.24, 2.45) is 4.99 Å². The molecule has 0 spiro atoms. The molecule has 0 saturated heterocycles. The lowest BCUT2D eigenvalue weighted by Gasteiger charge is -2.23. The van der Waals surface area contributed by atoms with E-state index in [2.05, 4.69) is 29.3 Å². The zero-order valence-electron chi connectivity index (χ0n) is 27.3. The molecular formula is C40H34N2O6S. The summed E-state index contributed by atoms with van der Waals surface area (Å²) in [4.78, 5) is 32.5. The molecule has 0 unspecified atom stereocenters. The van der Waals surface area contributed by atoms with Gasteiger partial charge >= 0.3 is 5.97 Å². The fourth-order valence-corrected chi connectivity index (χ4v) is 7.19. The molecule has 0 N–H and O–H groups in total. The van der Waals surface area contributed by atoms with E-state index in [1.54, 1.807) is 10.6 Å². The molecule has 9 heteroatoms. The van der Waals surface area contributed by atoms with E-state index >= 15 is 0 Å². The van der Waals surface area contributed by atoms with Gasteiger partial charge in [0.05, 0.1) is 36.5 Å². The van der Waals surface area contributed by atoms with Crippen molar-refractivity contribution in [3.05, 3.63) is 145 Å². The molecule has 2 heterocycles. The van der Waals surface area contributed by atoms with Gasteiger partial charge in [0.1, 0.15) is 12.4 Å². The fraction of sp³-hybridized carbons (Fsp3) is 0.175. The minimum absolute atomic E-state index is 0.234. The van der Waals surface area contributed by atoms with Crippen LogP contribution in [0.2, 0.25) is 0 Å². The van der Waals surface area contributed by atoms with Crippen molar-refractivity contribution in [2.45, 2.75) is 26.5 Å². The number of thiazole rings is 1. The van der Waals surface area contributed by atoms with Crippen LogP contribution >= 0.6 is 11.3 Å². The Balaban J connectivity index is 1.36. The van der Waals surface area contributed by atoms with Crippen LogP contribution in [-0.2, 0) is 16.1 Å². The summed E-state index contributed by atoms with van der Waals surface area (Å²) in [6.07, 6.45) is 3.35. The van der Waals surface area contributed by atoms with E-state index in [0.29, 0.717) is 52.0 Å². The molecule has 0 radical (unpaired) electrons. The number of carbonyl (C=O) groups excluding carboxylic acids is 1. The number of methoxy groups -OCH3 is 1. The zero-order valence-corrected chi connectivity index (χ0v) is 28.2. The largest absolute Gasteiger partial charge is 0.490 e. The Hall–Kier alpha value is -5.67. The third-order valence-electron chi connectivity index (χ3n) is 8.48. The maximum absolute atomic E-state index is 14.4. The van der Waals surface area contributed by atoms with Crippen LogP contribution in [0.3, 0.4) is 0 Å². The number of ether oxygens (including phenoxy) is 4. The number of rotatable bonds is 10. The number of esters is 1. The molecule has 1 atom stereocenters. The lowest BCUT2D eigenvalue weighted by molar-refractivity contribution is -0.136. The molecule has 246 valence electrons. The molecule has 0 bridgehead atoms. The van der Waals surface area contributed by atoms with Crippen molar-refractivity contribution in [2.75, 3.05) is 20.3 Å². The number of hydrogen-bond donors (Lipinski definition) is 0. The minimum atomic E-state index is -0.796. The van der Waals surface area contributed by atoms with Gasteiger partial charge in [0.2, 0.25) is 0 Å². The maximum atomic E-state index is 14.4. The Morgan fingerprint density at radius 2 is 1.51 bits per heavy atom. The molecule has 49 heavy (non-hydrogen) atoms. The molecule has 6 aromatic rings. The van der Waals surface area contributed by atoms with Crippen LogP contribution < -0.4 is 29.1 Å².